The normalized spacial score (nSPS) is 15.7. The number of thiophene rings is 1. The molecule has 0 radical (unpaired) electrons. The Bertz CT molecular complexity index is 498. The monoisotopic (exact) mass is 295 g/mol. The zero-order valence-corrected chi connectivity index (χ0v) is 13.0. The largest absolute Gasteiger partial charge is 0.347 e. The maximum atomic E-state index is 12.2. The Morgan fingerprint density at radius 1 is 1.50 bits per heavy atom. The quantitative estimate of drug-likeness (QED) is 0.889. The number of amides is 2. The number of fused-ring (bicyclic) bond motifs is 1. The molecular formula is C14H21N3O2S. The van der Waals surface area contributed by atoms with E-state index in [0.29, 0.717) is 6.54 Å². The van der Waals surface area contributed by atoms with E-state index in [-0.39, 0.29) is 24.4 Å². The summed E-state index contributed by atoms with van der Waals surface area (Å²) >= 11 is 1.76. The summed E-state index contributed by atoms with van der Waals surface area (Å²) in [6.07, 6.45) is 0.935. The van der Waals surface area contributed by atoms with E-state index in [1.54, 1.807) is 32.4 Å². The van der Waals surface area contributed by atoms with Gasteiger partial charge >= 0.3 is 0 Å². The molecule has 1 aromatic heterocycles. The first-order chi connectivity index (χ1) is 9.49. The lowest BCUT2D eigenvalue weighted by Gasteiger charge is -2.28. The second kappa shape index (κ2) is 6.37. The molecule has 2 rings (SSSR count). The van der Waals surface area contributed by atoms with E-state index in [2.05, 4.69) is 16.8 Å². The summed E-state index contributed by atoms with van der Waals surface area (Å²) in [6.45, 7) is 3.45. The number of likely N-dealkylation sites (N-methyl/N-ethyl adjacent to an activating group) is 1. The van der Waals surface area contributed by atoms with Crippen molar-refractivity contribution in [2.45, 2.75) is 25.9 Å². The van der Waals surface area contributed by atoms with Gasteiger partial charge in [0.25, 0.3) is 0 Å². The van der Waals surface area contributed by atoms with Gasteiger partial charge in [-0.2, -0.15) is 0 Å². The molecule has 2 heterocycles. The third-order valence-corrected chi connectivity index (χ3v) is 4.55. The van der Waals surface area contributed by atoms with Crippen molar-refractivity contribution in [3.8, 4) is 0 Å². The average Bonchev–Trinajstić information content (AvgIpc) is 2.90. The number of hydrogen-bond donors (Lipinski definition) is 1. The van der Waals surface area contributed by atoms with E-state index in [0.717, 1.165) is 13.0 Å². The van der Waals surface area contributed by atoms with Gasteiger partial charge in [0.15, 0.2) is 0 Å². The molecule has 0 saturated heterocycles. The van der Waals surface area contributed by atoms with Crippen LogP contribution in [0.3, 0.4) is 0 Å². The summed E-state index contributed by atoms with van der Waals surface area (Å²) in [4.78, 5) is 28.6. The predicted octanol–water partition coefficient (Wildman–Crippen LogP) is 0.699. The molecule has 110 valence electrons. The van der Waals surface area contributed by atoms with Crippen LogP contribution in [0.1, 0.15) is 17.4 Å². The van der Waals surface area contributed by atoms with E-state index in [9.17, 15) is 9.59 Å². The molecule has 1 atom stereocenters. The van der Waals surface area contributed by atoms with Crippen LogP contribution in [-0.4, -0.2) is 54.8 Å². The van der Waals surface area contributed by atoms with Crippen LogP contribution in [0.15, 0.2) is 11.4 Å². The Hall–Kier alpha value is -1.40. The van der Waals surface area contributed by atoms with Gasteiger partial charge < -0.3 is 9.80 Å². The molecule has 1 aromatic rings. The van der Waals surface area contributed by atoms with Crippen molar-refractivity contribution in [2.24, 2.45) is 0 Å². The highest BCUT2D eigenvalue weighted by Crippen LogP contribution is 2.23. The molecule has 0 spiro atoms. The van der Waals surface area contributed by atoms with Crippen LogP contribution in [0.5, 0.6) is 0 Å². The molecule has 0 saturated carbocycles. The summed E-state index contributed by atoms with van der Waals surface area (Å²) in [7, 11) is 3.43. The van der Waals surface area contributed by atoms with Crippen molar-refractivity contribution >= 4 is 23.2 Å². The van der Waals surface area contributed by atoms with Crippen molar-refractivity contribution in [3.05, 3.63) is 21.9 Å². The lowest BCUT2D eigenvalue weighted by atomic mass is 10.1. The molecular weight excluding hydrogens is 274 g/mol. The Kier molecular flexibility index (Phi) is 4.77. The Labute approximate surface area is 123 Å². The van der Waals surface area contributed by atoms with Gasteiger partial charge in [-0.1, -0.05) is 0 Å². The van der Waals surface area contributed by atoms with Crippen molar-refractivity contribution in [1.82, 2.24) is 15.1 Å². The molecule has 2 amide bonds. The first-order valence-corrected chi connectivity index (χ1v) is 7.64. The van der Waals surface area contributed by atoms with E-state index in [1.807, 2.05) is 4.90 Å². The van der Waals surface area contributed by atoms with Gasteiger partial charge in [0.2, 0.25) is 11.8 Å². The number of rotatable bonds is 4. The van der Waals surface area contributed by atoms with Crippen molar-refractivity contribution in [3.63, 3.8) is 0 Å². The minimum absolute atomic E-state index is 0.0171. The molecule has 0 bridgehead atoms. The third kappa shape index (κ3) is 3.37. The Balaban J connectivity index is 1.83. The van der Waals surface area contributed by atoms with Gasteiger partial charge in [-0.25, -0.2) is 0 Å². The van der Waals surface area contributed by atoms with Crippen LogP contribution in [-0.2, 0) is 22.6 Å². The molecule has 1 aliphatic heterocycles. The van der Waals surface area contributed by atoms with Crippen LogP contribution >= 0.6 is 11.3 Å². The highest BCUT2D eigenvalue weighted by Gasteiger charge is 2.22. The number of carbonyl (C=O) groups excluding carboxylic acids is 2. The molecule has 1 N–H and O–H groups in total. The number of hydrogen-bond acceptors (Lipinski definition) is 4. The van der Waals surface area contributed by atoms with Crippen LogP contribution in [0, 0.1) is 0 Å². The molecule has 6 heteroatoms. The van der Waals surface area contributed by atoms with Crippen LogP contribution in [0.4, 0.5) is 0 Å². The fourth-order valence-electron chi connectivity index (χ4n) is 2.29. The maximum absolute atomic E-state index is 12.2. The fraction of sp³-hybridized carbons (Fsp3) is 0.571. The summed E-state index contributed by atoms with van der Waals surface area (Å²) in [5.74, 6) is 0.0387. The number of nitrogens with one attached hydrogen (secondary N) is 1. The third-order valence-electron chi connectivity index (χ3n) is 3.53. The SMILES string of the molecule is CC(NCC(=O)N1CCc2sccc2C1)C(=O)N(C)C. The molecule has 1 unspecified atom stereocenters. The standard InChI is InChI=1S/C14H21N3O2S/c1-10(14(19)16(2)3)15-8-13(18)17-6-4-12-11(9-17)5-7-20-12/h5,7,10,15H,4,6,8-9H2,1-3H3. The van der Waals surface area contributed by atoms with Gasteiger partial charge in [0.05, 0.1) is 12.6 Å². The Morgan fingerprint density at radius 3 is 2.95 bits per heavy atom. The molecule has 20 heavy (non-hydrogen) atoms. The van der Waals surface area contributed by atoms with Gasteiger partial charge in [-0.3, -0.25) is 14.9 Å². The predicted molar refractivity (Wildman–Crippen MR) is 79.6 cm³/mol. The second-order valence-corrected chi connectivity index (χ2v) is 6.27. The van der Waals surface area contributed by atoms with E-state index in [4.69, 9.17) is 0 Å². The van der Waals surface area contributed by atoms with Crippen molar-refractivity contribution < 1.29 is 9.59 Å². The molecule has 0 aromatic carbocycles. The maximum Gasteiger partial charge on any atom is 0.238 e. The lowest BCUT2D eigenvalue weighted by Crippen LogP contribution is -2.47. The molecule has 1 aliphatic rings. The summed E-state index contributed by atoms with van der Waals surface area (Å²) in [5.41, 5.74) is 1.26. The fourth-order valence-corrected chi connectivity index (χ4v) is 3.18. The summed E-state index contributed by atoms with van der Waals surface area (Å²) in [6, 6.07) is 1.75. The smallest absolute Gasteiger partial charge is 0.238 e. The van der Waals surface area contributed by atoms with Crippen molar-refractivity contribution in [1.29, 1.82) is 0 Å². The van der Waals surface area contributed by atoms with Gasteiger partial charge in [-0.05, 0) is 30.4 Å². The zero-order chi connectivity index (χ0) is 14.7. The highest BCUT2D eigenvalue weighted by atomic mass is 32.1. The van der Waals surface area contributed by atoms with E-state index in [1.165, 1.54) is 15.3 Å². The van der Waals surface area contributed by atoms with Crippen LogP contribution < -0.4 is 5.32 Å². The molecule has 0 aliphatic carbocycles. The first kappa shape index (κ1) is 15.0. The topological polar surface area (TPSA) is 52.7 Å². The Morgan fingerprint density at radius 2 is 2.25 bits per heavy atom. The average molecular weight is 295 g/mol. The van der Waals surface area contributed by atoms with Gasteiger partial charge in [0.1, 0.15) is 0 Å². The minimum atomic E-state index is -0.338. The summed E-state index contributed by atoms with van der Waals surface area (Å²) < 4.78 is 0. The minimum Gasteiger partial charge on any atom is -0.347 e. The number of nitrogens with zero attached hydrogens (tertiary/aromatic N) is 2. The van der Waals surface area contributed by atoms with E-state index < -0.39 is 0 Å². The van der Waals surface area contributed by atoms with E-state index >= 15 is 0 Å². The lowest BCUT2D eigenvalue weighted by molar-refractivity contribution is -0.132. The summed E-state index contributed by atoms with van der Waals surface area (Å²) in [5, 5.41) is 5.08. The van der Waals surface area contributed by atoms with Crippen LogP contribution in [0.25, 0.3) is 0 Å². The zero-order valence-electron chi connectivity index (χ0n) is 12.2. The van der Waals surface area contributed by atoms with Gasteiger partial charge in [0, 0.05) is 32.1 Å². The van der Waals surface area contributed by atoms with Crippen molar-refractivity contribution in [2.75, 3.05) is 27.2 Å². The first-order valence-electron chi connectivity index (χ1n) is 6.76. The molecule has 5 nitrogen and oxygen atoms in total. The highest BCUT2D eigenvalue weighted by molar-refractivity contribution is 7.10. The number of carbonyl (C=O) groups is 2. The van der Waals surface area contributed by atoms with Gasteiger partial charge in [-0.15, -0.1) is 11.3 Å². The molecule has 0 fully saturated rings. The second-order valence-electron chi connectivity index (χ2n) is 5.27. The van der Waals surface area contributed by atoms with Crippen LogP contribution in [0.2, 0.25) is 0 Å².